The first-order valence-electron chi connectivity index (χ1n) is 6.53. The van der Waals surface area contributed by atoms with Gasteiger partial charge in [-0.3, -0.25) is 0 Å². The van der Waals surface area contributed by atoms with Crippen LogP contribution < -0.4 is 5.32 Å². The molecule has 1 fully saturated rings. The van der Waals surface area contributed by atoms with Crippen LogP contribution in [0.25, 0.3) is 0 Å². The number of rotatable bonds is 6. The molecule has 0 radical (unpaired) electrons. The van der Waals surface area contributed by atoms with Crippen LogP contribution >= 0.6 is 0 Å². The van der Waals surface area contributed by atoms with Gasteiger partial charge in [-0.2, -0.15) is 0 Å². The average molecular weight is 245 g/mol. The first-order valence-corrected chi connectivity index (χ1v) is 6.53. The maximum Gasteiger partial charge on any atom is 0.0765 e. The molecule has 0 aromatic rings. The molecule has 1 aliphatic heterocycles. The predicted octanol–water partition coefficient (Wildman–Crippen LogP) is 1.32. The Morgan fingerprint density at radius 3 is 2.47 bits per heavy atom. The molecule has 17 heavy (non-hydrogen) atoms. The lowest BCUT2D eigenvalue weighted by atomic mass is 9.97. The number of nitrogens with one attached hydrogen (secondary N) is 1. The molecule has 0 amide bonds. The molecule has 0 bridgehead atoms. The quantitative estimate of drug-likeness (QED) is 0.741. The van der Waals surface area contributed by atoms with Gasteiger partial charge >= 0.3 is 0 Å². The van der Waals surface area contributed by atoms with Gasteiger partial charge in [0.25, 0.3) is 0 Å². The van der Waals surface area contributed by atoms with E-state index < -0.39 is 5.60 Å². The van der Waals surface area contributed by atoms with E-state index in [0.29, 0.717) is 37.8 Å². The number of ether oxygens (including phenoxy) is 2. The third-order valence-electron chi connectivity index (χ3n) is 3.31. The van der Waals surface area contributed by atoms with Crippen molar-refractivity contribution in [2.75, 3.05) is 20.3 Å². The van der Waals surface area contributed by atoms with Gasteiger partial charge < -0.3 is 19.9 Å². The summed E-state index contributed by atoms with van der Waals surface area (Å²) in [7, 11) is 1.66. The van der Waals surface area contributed by atoms with Gasteiger partial charge in [0.1, 0.15) is 0 Å². The molecule has 0 saturated carbocycles. The topological polar surface area (TPSA) is 50.7 Å². The van der Waals surface area contributed by atoms with Gasteiger partial charge in [0.15, 0.2) is 0 Å². The molecule has 0 aromatic carbocycles. The van der Waals surface area contributed by atoms with E-state index in [1.807, 2.05) is 6.92 Å². The molecule has 102 valence electrons. The lowest BCUT2D eigenvalue weighted by molar-refractivity contribution is -0.0473. The van der Waals surface area contributed by atoms with E-state index >= 15 is 0 Å². The van der Waals surface area contributed by atoms with E-state index in [2.05, 4.69) is 19.2 Å². The van der Waals surface area contributed by atoms with Gasteiger partial charge in [-0.05, 0) is 33.6 Å². The molecule has 0 spiro atoms. The molecule has 3 unspecified atom stereocenters. The number of aliphatic hydroxyl groups is 1. The Labute approximate surface area is 105 Å². The van der Waals surface area contributed by atoms with Gasteiger partial charge in [0, 0.05) is 32.7 Å². The Hall–Kier alpha value is -0.160. The molecule has 1 saturated heterocycles. The van der Waals surface area contributed by atoms with Gasteiger partial charge in [0.05, 0.1) is 17.8 Å². The summed E-state index contributed by atoms with van der Waals surface area (Å²) in [6.07, 6.45) is 3.31. The Balaban J connectivity index is 2.29. The fourth-order valence-corrected chi connectivity index (χ4v) is 2.35. The van der Waals surface area contributed by atoms with Crippen molar-refractivity contribution in [2.45, 2.75) is 63.9 Å². The second-order valence-electron chi connectivity index (χ2n) is 5.55. The van der Waals surface area contributed by atoms with E-state index in [1.165, 1.54) is 0 Å². The smallest absolute Gasteiger partial charge is 0.0765 e. The van der Waals surface area contributed by atoms with Crippen molar-refractivity contribution >= 4 is 0 Å². The van der Waals surface area contributed by atoms with Gasteiger partial charge in [-0.1, -0.05) is 0 Å². The molecular weight excluding hydrogens is 218 g/mol. The van der Waals surface area contributed by atoms with E-state index in [0.717, 1.165) is 12.8 Å². The predicted molar refractivity (Wildman–Crippen MR) is 68.2 cm³/mol. The summed E-state index contributed by atoms with van der Waals surface area (Å²) in [5.74, 6) is 0. The first kappa shape index (κ1) is 14.9. The normalized spacial score (nSPS) is 33.4. The van der Waals surface area contributed by atoms with Crippen molar-refractivity contribution in [1.82, 2.24) is 5.32 Å². The summed E-state index contributed by atoms with van der Waals surface area (Å²) in [4.78, 5) is 0. The van der Waals surface area contributed by atoms with Crippen molar-refractivity contribution in [2.24, 2.45) is 0 Å². The second-order valence-corrected chi connectivity index (χ2v) is 5.55. The molecule has 1 aliphatic rings. The Morgan fingerprint density at radius 1 is 1.35 bits per heavy atom. The lowest BCUT2D eigenvalue weighted by Crippen LogP contribution is -2.47. The largest absolute Gasteiger partial charge is 0.389 e. The highest BCUT2D eigenvalue weighted by Crippen LogP contribution is 2.19. The number of hydrogen-bond donors (Lipinski definition) is 2. The summed E-state index contributed by atoms with van der Waals surface area (Å²) in [6.45, 7) is 7.27. The van der Waals surface area contributed by atoms with E-state index in [9.17, 15) is 5.11 Å². The van der Waals surface area contributed by atoms with Crippen LogP contribution in [0.5, 0.6) is 0 Å². The molecule has 3 atom stereocenters. The Morgan fingerprint density at radius 2 is 1.94 bits per heavy atom. The van der Waals surface area contributed by atoms with Crippen LogP contribution in [0.15, 0.2) is 0 Å². The summed E-state index contributed by atoms with van der Waals surface area (Å²) in [5, 5.41) is 13.6. The van der Waals surface area contributed by atoms with Gasteiger partial charge in [-0.15, -0.1) is 0 Å². The van der Waals surface area contributed by atoms with Crippen LogP contribution in [-0.2, 0) is 9.47 Å². The molecule has 4 heteroatoms. The minimum absolute atomic E-state index is 0.306. The fraction of sp³-hybridized carbons (Fsp3) is 1.00. The van der Waals surface area contributed by atoms with Crippen LogP contribution in [0, 0.1) is 0 Å². The summed E-state index contributed by atoms with van der Waals surface area (Å²) < 4.78 is 10.7. The average Bonchev–Trinajstić information content (AvgIpc) is 2.23. The van der Waals surface area contributed by atoms with E-state index in [1.54, 1.807) is 7.11 Å². The number of hydrogen-bond acceptors (Lipinski definition) is 4. The molecule has 1 heterocycles. The summed E-state index contributed by atoms with van der Waals surface area (Å²) in [6, 6.07) is 0.447. The maximum atomic E-state index is 10.1. The van der Waals surface area contributed by atoms with Crippen molar-refractivity contribution < 1.29 is 14.6 Å². The third kappa shape index (κ3) is 5.82. The minimum atomic E-state index is -0.694. The monoisotopic (exact) mass is 245 g/mol. The third-order valence-corrected chi connectivity index (χ3v) is 3.31. The zero-order chi connectivity index (χ0) is 12.9. The molecule has 1 rings (SSSR count). The fourth-order valence-electron chi connectivity index (χ4n) is 2.35. The van der Waals surface area contributed by atoms with E-state index in [4.69, 9.17) is 9.47 Å². The maximum absolute atomic E-state index is 10.1. The Kier molecular flexibility index (Phi) is 5.86. The lowest BCUT2D eigenvalue weighted by Gasteiger charge is -2.34. The van der Waals surface area contributed by atoms with Crippen molar-refractivity contribution in [3.63, 3.8) is 0 Å². The number of methoxy groups -OCH3 is 1. The Bertz CT molecular complexity index is 211. The SMILES string of the molecule is COCCC(C)(O)CNC1CC(C)OC(C)C1. The van der Waals surface area contributed by atoms with Crippen LogP contribution in [-0.4, -0.2) is 49.2 Å². The van der Waals surface area contributed by atoms with Gasteiger partial charge in [-0.25, -0.2) is 0 Å². The van der Waals surface area contributed by atoms with Crippen LogP contribution in [0.3, 0.4) is 0 Å². The molecule has 0 aromatic heterocycles. The van der Waals surface area contributed by atoms with E-state index in [-0.39, 0.29) is 0 Å². The standard InChI is InChI=1S/C13H27NO3/c1-10-7-12(8-11(2)17-10)14-9-13(3,15)5-6-16-4/h10-12,14-15H,5-9H2,1-4H3. The first-order chi connectivity index (χ1) is 7.93. The molecule has 4 nitrogen and oxygen atoms in total. The second kappa shape index (κ2) is 6.69. The summed E-state index contributed by atoms with van der Waals surface area (Å²) in [5.41, 5.74) is -0.694. The molecule has 0 aliphatic carbocycles. The van der Waals surface area contributed by atoms with Crippen molar-refractivity contribution in [3.8, 4) is 0 Å². The summed E-state index contributed by atoms with van der Waals surface area (Å²) >= 11 is 0. The minimum Gasteiger partial charge on any atom is -0.389 e. The van der Waals surface area contributed by atoms with Crippen LogP contribution in [0.1, 0.15) is 40.0 Å². The molecular formula is C13H27NO3. The highest BCUT2D eigenvalue weighted by molar-refractivity contribution is 4.83. The van der Waals surface area contributed by atoms with Crippen LogP contribution in [0.2, 0.25) is 0 Å². The highest BCUT2D eigenvalue weighted by atomic mass is 16.5. The zero-order valence-corrected chi connectivity index (χ0v) is 11.5. The van der Waals surface area contributed by atoms with Crippen molar-refractivity contribution in [1.29, 1.82) is 0 Å². The van der Waals surface area contributed by atoms with Crippen molar-refractivity contribution in [3.05, 3.63) is 0 Å². The van der Waals surface area contributed by atoms with Gasteiger partial charge in [0.2, 0.25) is 0 Å². The molecule has 2 N–H and O–H groups in total. The highest BCUT2D eigenvalue weighted by Gasteiger charge is 2.27. The zero-order valence-electron chi connectivity index (χ0n) is 11.5. The van der Waals surface area contributed by atoms with Crippen LogP contribution in [0.4, 0.5) is 0 Å².